The first-order valence-corrected chi connectivity index (χ1v) is 7.25. The van der Waals surface area contributed by atoms with E-state index in [4.69, 9.17) is 0 Å². The first kappa shape index (κ1) is 14.2. The summed E-state index contributed by atoms with van der Waals surface area (Å²) in [5.41, 5.74) is 0.836. The Morgan fingerprint density at radius 2 is 2.00 bits per heavy atom. The lowest BCUT2D eigenvalue weighted by Gasteiger charge is -2.39. The molecule has 1 atom stereocenters. The highest BCUT2D eigenvalue weighted by atomic mass is 16.1. The molecular formula is C16H24N2O. The van der Waals surface area contributed by atoms with Gasteiger partial charge in [-0.2, -0.15) is 0 Å². The Morgan fingerprint density at radius 3 is 2.63 bits per heavy atom. The van der Waals surface area contributed by atoms with Crippen LogP contribution < -0.4 is 0 Å². The summed E-state index contributed by atoms with van der Waals surface area (Å²) >= 11 is 0. The van der Waals surface area contributed by atoms with Gasteiger partial charge in [0.2, 0.25) is 0 Å². The quantitative estimate of drug-likeness (QED) is 0.759. The van der Waals surface area contributed by atoms with Crippen molar-refractivity contribution in [2.24, 2.45) is 0 Å². The van der Waals surface area contributed by atoms with Gasteiger partial charge in [0.15, 0.2) is 5.78 Å². The fraction of sp³-hybridized carbons (Fsp3) is 0.562. The number of piperazine rings is 1. The number of nitrogens with zero attached hydrogens (tertiary/aromatic N) is 2. The summed E-state index contributed by atoms with van der Waals surface area (Å²) in [6, 6.07) is 10.2. The van der Waals surface area contributed by atoms with Crippen molar-refractivity contribution in [2.75, 3.05) is 32.7 Å². The molecule has 0 N–H and O–H groups in total. The van der Waals surface area contributed by atoms with Crippen LogP contribution in [0.3, 0.4) is 0 Å². The lowest BCUT2D eigenvalue weighted by Crippen LogP contribution is -2.51. The third-order valence-corrected chi connectivity index (χ3v) is 4.01. The molecule has 0 saturated carbocycles. The van der Waals surface area contributed by atoms with Crippen molar-refractivity contribution in [3.05, 3.63) is 35.9 Å². The van der Waals surface area contributed by atoms with E-state index in [-0.39, 0.29) is 5.78 Å². The molecule has 0 amide bonds. The van der Waals surface area contributed by atoms with Gasteiger partial charge in [-0.05, 0) is 13.5 Å². The van der Waals surface area contributed by atoms with E-state index in [0.717, 1.165) is 38.3 Å². The second-order valence-electron chi connectivity index (χ2n) is 5.32. The normalized spacial score (nSPS) is 21.5. The highest BCUT2D eigenvalue weighted by Gasteiger charge is 2.22. The number of likely N-dealkylation sites (N-methyl/N-ethyl adjacent to an activating group) is 1. The van der Waals surface area contributed by atoms with Gasteiger partial charge in [0.1, 0.15) is 0 Å². The molecule has 0 aliphatic carbocycles. The molecule has 1 aliphatic rings. The van der Waals surface area contributed by atoms with Gasteiger partial charge in [0.05, 0.1) is 0 Å². The summed E-state index contributed by atoms with van der Waals surface area (Å²) in [6.45, 7) is 9.78. The van der Waals surface area contributed by atoms with Crippen molar-refractivity contribution < 1.29 is 4.79 Å². The average Bonchev–Trinajstić information content (AvgIpc) is 2.46. The van der Waals surface area contributed by atoms with Crippen LogP contribution in [0.4, 0.5) is 0 Å². The smallest absolute Gasteiger partial charge is 0.164 e. The summed E-state index contributed by atoms with van der Waals surface area (Å²) in [4.78, 5) is 17.0. The van der Waals surface area contributed by atoms with Gasteiger partial charge < -0.3 is 4.90 Å². The zero-order chi connectivity index (χ0) is 13.7. The zero-order valence-corrected chi connectivity index (χ0v) is 12.0. The maximum atomic E-state index is 12.1. The molecule has 0 spiro atoms. The summed E-state index contributed by atoms with van der Waals surface area (Å²) in [5, 5.41) is 0. The highest BCUT2D eigenvalue weighted by molar-refractivity contribution is 5.96. The monoisotopic (exact) mass is 260 g/mol. The third kappa shape index (κ3) is 3.88. The van der Waals surface area contributed by atoms with Crippen LogP contribution >= 0.6 is 0 Å². The Morgan fingerprint density at radius 1 is 1.26 bits per heavy atom. The molecule has 1 fully saturated rings. The van der Waals surface area contributed by atoms with Crippen LogP contribution in [0, 0.1) is 0 Å². The van der Waals surface area contributed by atoms with Gasteiger partial charge in [-0.25, -0.2) is 0 Å². The van der Waals surface area contributed by atoms with Gasteiger partial charge >= 0.3 is 0 Å². The Labute approximate surface area is 116 Å². The molecule has 104 valence electrons. The van der Waals surface area contributed by atoms with Crippen LogP contribution in [-0.4, -0.2) is 54.3 Å². The van der Waals surface area contributed by atoms with E-state index in [9.17, 15) is 4.79 Å². The van der Waals surface area contributed by atoms with Gasteiger partial charge in [-0.15, -0.1) is 0 Å². The topological polar surface area (TPSA) is 23.6 Å². The molecule has 1 aliphatic heterocycles. The number of Topliss-reactive ketones (excluding diaryl/α,β-unsaturated/α-hetero) is 1. The molecule has 0 bridgehead atoms. The lowest BCUT2D eigenvalue weighted by molar-refractivity contribution is 0.0796. The Hall–Kier alpha value is -1.19. The van der Waals surface area contributed by atoms with Crippen LogP contribution in [0.5, 0.6) is 0 Å². The second kappa shape index (κ2) is 6.83. The third-order valence-electron chi connectivity index (χ3n) is 4.01. The highest BCUT2D eigenvalue weighted by Crippen LogP contribution is 2.10. The second-order valence-corrected chi connectivity index (χ2v) is 5.32. The van der Waals surface area contributed by atoms with Crippen molar-refractivity contribution >= 4 is 5.78 Å². The minimum absolute atomic E-state index is 0.256. The van der Waals surface area contributed by atoms with E-state index >= 15 is 0 Å². The largest absolute Gasteiger partial charge is 0.300 e. The van der Waals surface area contributed by atoms with E-state index in [1.54, 1.807) is 0 Å². The molecule has 0 aromatic heterocycles. The first-order valence-electron chi connectivity index (χ1n) is 7.25. The van der Waals surface area contributed by atoms with E-state index < -0.39 is 0 Å². The predicted octanol–water partition coefficient (Wildman–Crippen LogP) is 2.29. The number of carbonyl (C=O) groups is 1. The van der Waals surface area contributed by atoms with E-state index in [0.29, 0.717) is 12.5 Å². The molecule has 3 nitrogen and oxygen atoms in total. The molecule has 19 heavy (non-hydrogen) atoms. The lowest BCUT2D eigenvalue weighted by atomic mass is 10.1. The van der Waals surface area contributed by atoms with Crippen molar-refractivity contribution in [1.82, 2.24) is 9.80 Å². The average molecular weight is 260 g/mol. The Kier molecular flexibility index (Phi) is 5.11. The van der Waals surface area contributed by atoms with Crippen LogP contribution in [0.2, 0.25) is 0 Å². The van der Waals surface area contributed by atoms with Crippen molar-refractivity contribution in [2.45, 2.75) is 26.3 Å². The van der Waals surface area contributed by atoms with Gasteiger partial charge in [-0.3, -0.25) is 9.69 Å². The minimum atomic E-state index is 0.256. The van der Waals surface area contributed by atoms with Gasteiger partial charge in [-0.1, -0.05) is 37.3 Å². The molecule has 2 rings (SSSR count). The molecule has 1 aromatic carbocycles. The predicted molar refractivity (Wildman–Crippen MR) is 78.5 cm³/mol. The summed E-state index contributed by atoms with van der Waals surface area (Å²) < 4.78 is 0. The molecule has 1 aromatic rings. The Bertz CT molecular complexity index is 404. The van der Waals surface area contributed by atoms with Crippen LogP contribution in [0.15, 0.2) is 30.3 Å². The van der Waals surface area contributed by atoms with Crippen molar-refractivity contribution in [1.29, 1.82) is 0 Å². The number of benzene rings is 1. The maximum Gasteiger partial charge on any atom is 0.164 e. The molecule has 0 radical (unpaired) electrons. The number of rotatable bonds is 5. The van der Waals surface area contributed by atoms with Crippen molar-refractivity contribution in [3.63, 3.8) is 0 Å². The minimum Gasteiger partial charge on any atom is -0.300 e. The molecular weight excluding hydrogens is 236 g/mol. The van der Waals surface area contributed by atoms with Crippen LogP contribution in [-0.2, 0) is 0 Å². The van der Waals surface area contributed by atoms with Crippen LogP contribution in [0.25, 0.3) is 0 Å². The number of carbonyl (C=O) groups excluding carboxylic acids is 1. The number of ketones is 1. The molecule has 1 unspecified atom stereocenters. The van der Waals surface area contributed by atoms with Crippen molar-refractivity contribution in [3.8, 4) is 0 Å². The standard InChI is InChI=1S/C16H24N2O/c1-3-18-12-11-17(13-14(18)2)10-9-16(19)15-7-5-4-6-8-15/h4-8,14H,3,9-13H2,1-2H3. The van der Waals surface area contributed by atoms with Gasteiger partial charge in [0, 0.05) is 44.2 Å². The van der Waals surface area contributed by atoms with E-state index in [1.165, 1.54) is 0 Å². The Balaban J connectivity index is 1.79. The summed E-state index contributed by atoms with van der Waals surface area (Å²) in [5.74, 6) is 0.256. The summed E-state index contributed by atoms with van der Waals surface area (Å²) in [6.07, 6.45) is 0.628. The van der Waals surface area contributed by atoms with E-state index in [2.05, 4.69) is 23.6 Å². The SMILES string of the molecule is CCN1CCN(CCC(=O)c2ccccc2)CC1C. The summed E-state index contributed by atoms with van der Waals surface area (Å²) in [7, 11) is 0. The van der Waals surface area contributed by atoms with E-state index in [1.807, 2.05) is 30.3 Å². The zero-order valence-electron chi connectivity index (χ0n) is 12.0. The fourth-order valence-corrected chi connectivity index (χ4v) is 2.77. The maximum absolute atomic E-state index is 12.1. The number of hydrogen-bond acceptors (Lipinski definition) is 3. The van der Waals surface area contributed by atoms with Crippen LogP contribution in [0.1, 0.15) is 30.6 Å². The first-order chi connectivity index (χ1) is 9.20. The molecule has 1 saturated heterocycles. The fourth-order valence-electron chi connectivity index (χ4n) is 2.77. The molecule has 1 heterocycles. The number of hydrogen-bond donors (Lipinski definition) is 0. The molecule has 3 heteroatoms. The van der Waals surface area contributed by atoms with Gasteiger partial charge in [0.25, 0.3) is 0 Å².